The number of nitro groups is 1. The van der Waals surface area contributed by atoms with Gasteiger partial charge in [-0.1, -0.05) is 17.3 Å². The summed E-state index contributed by atoms with van der Waals surface area (Å²) >= 11 is 0. The molecule has 140 valence electrons. The number of benzene rings is 1. The molecule has 1 fully saturated rings. The minimum atomic E-state index is -0.497. The molecule has 2 aromatic heterocycles. The number of nitrogens with one attached hydrogen (secondary N) is 1. The van der Waals surface area contributed by atoms with E-state index in [-0.39, 0.29) is 17.3 Å². The molecule has 1 aromatic carbocycles. The van der Waals surface area contributed by atoms with Crippen LogP contribution in [0, 0.1) is 10.1 Å². The third-order valence-electron chi connectivity index (χ3n) is 4.36. The first-order valence-corrected chi connectivity index (χ1v) is 8.58. The van der Waals surface area contributed by atoms with Crippen LogP contribution in [-0.4, -0.2) is 74.2 Å². The molecule has 4 rings (SSSR count). The molecular weight excluding hydrogens is 352 g/mol. The summed E-state index contributed by atoms with van der Waals surface area (Å²) in [4.78, 5) is 21.6. The Balaban J connectivity index is 1.61. The summed E-state index contributed by atoms with van der Waals surface area (Å²) in [6.07, 6.45) is 1.29. The molecule has 3 heterocycles. The van der Waals surface area contributed by atoms with Crippen LogP contribution in [0.25, 0.3) is 16.9 Å². The van der Waals surface area contributed by atoms with Gasteiger partial charge < -0.3 is 10.1 Å². The van der Waals surface area contributed by atoms with Gasteiger partial charge in [0.05, 0.1) is 23.7 Å². The Morgan fingerprint density at radius 3 is 2.85 bits per heavy atom. The first kappa shape index (κ1) is 17.2. The van der Waals surface area contributed by atoms with Crippen molar-refractivity contribution in [1.29, 1.82) is 0 Å². The molecule has 0 aliphatic carbocycles. The van der Waals surface area contributed by atoms with Crippen molar-refractivity contribution in [2.75, 3.05) is 44.7 Å². The standard InChI is InChI=1S/C16H18N8O3/c25-24(26)14-15(17-5-6-22-7-9-27-10-8-22)18-11-19-16(14)23-13-4-2-1-3-12(13)20-21-23/h1-4,11H,5-10H2,(H,17,18,19). The molecule has 11 heteroatoms. The number of morpholine rings is 1. The second-order valence-electron chi connectivity index (χ2n) is 6.02. The molecule has 0 radical (unpaired) electrons. The summed E-state index contributed by atoms with van der Waals surface area (Å²) in [5.41, 5.74) is 1.04. The van der Waals surface area contributed by atoms with Gasteiger partial charge in [-0.15, -0.1) is 5.10 Å². The summed E-state index contributed by atoms with van der Waals surface area (Å²) < 4.78 is 6.68. The molecule has 0 amide bonds. The van der Waals surface area contributed by atoms with Gasteiger partial charge in [0, 0.05) is 26.2 Å². The van der Waals surface area contributed by atoms with Crippen molar-refractivity contribution in [3.8, 4) is 5.82 Å². The highest BCUT2D eigenvalue weighted by Gasteiger charge is 2.26. The number of hydrogen-bond donors (Lipinski definition) is 1. The van der Waals surface area contributed by atoms with Crippen molar-refractivity contribution in [2.24, 2.45) is 0 Å². The average Bonchev–Trinajstić information content (AvgIpc) is 3.12. The molecule has 27 heavy (non-hydrogen) atoms. The Kier molecular flexibility index (Phi) is 4.85. The number of rotatable bonds is 6. The number of anilines is 1. The molecule has 1 aliphatic rings. The number of fused-ring (bicyclic) bond motifs is 1. The predicted octanol–water partition coefficient (Wildman–Crippen LogP) is 0.863. The number of hydrogen-bond acceptors (Lipinski definition) is 9. The summed E-state index contributed by atoms with van der Waals surface area (Å²) in [6, 6.07) is 7.21. The van der Waals surface area contributed by atoms with Crippen LogP contribution in [0.3, 0.4) is 0 Å². The molecular formula is C16H18N8O3. The van der Waals surface area contributed by atoms with Gasteiger partial charge in [0.1, 0.15) is 11.8 Å². The normalized spacial score (nSPS) is 15.1. The fourth-order valence-electron chi connectivity index (χ4n) is 3.00. The first-order valence-electron chi connectivity index (χ1n) is 8.58. The lowest BCUT2D eigenvalue weighted by molar-refractivity contribution is -0.384. The van der Waals surface area contributed by atoms with E-state index in [1.807, 2.05) is 12.1 Å². The molecule has 0 spiro atoms. The quantitative estimate of drug-likeness (QED) is 0.497. The Morgan fingerprint density at radius 1 is 1.22 bits per heavy atom. The van der Waals surface area contributed by atoms with E-state index in [0.717, 1.165) is 19.6 Å². The largest absolute Gasteiger partial charge is 0.379 e. The van der Waals surface area contributed by atoms with E-state index in [2.05, 4.69) is 30.5 Å². The Labute approximate surface area is 154 Å². The van der Waals surface area contributed by atoms with Gasteiger partial charge in [0.15, 0.2) is 0 Å². The summed E-state index contributed by atoms with van der Waals surface area (Å²) in [5, 5.41) is 22.9. The zero-order valence-electron chi connectivity index (χ0n) is 14.5. The Bertz CT molecular complexity index is 954. The third kappa shape index (κ3) is 3.55. The highest BCUT2D eigenvalue weighted by molar-refractivity contribution is 5.77. The van der Waals surface area contributed by atoms with Crippen LogP contribution in [-0.2, 0) is 4.74 Å². The van der Waals surface area contributed by atoms with Gasteiger partial charge >= 0.3 is 5.69 Å². The van der Waals surface area contributed by atoms with Crippen LogP contribution in [0.5, 0.6) is 0 Å². The van der Waals surface area contributed by atoms with E-state index in [0.29, 0.717) is 30.8 Å². The monoisotopic (exact) mass is 370 g/mol. The highest BCUT2D eigenvalue weighted by atomic mass is 16.6. The molecule has 0 saturated carbocycles. The minimum Gasteiger partial charge on any atom is -0.379 e. The Morgan fingerprint density at radius 2 is 2.04 bits per heavy atom. The van der Waals surface area contributed by atoms with E-state index in [1.54, 1.807) is 12.1 Å². The van der Waals surface area contributed by atoms with Gasteiger partial charge in [0.2, 0.25) is 11.6 Å². The van der Waals surface area contributed by atoms with Crippen molar-refractivity contribution < 1.29 is 9.66 Å². The average molecular weight is 370 g/mol. The van der Waals surface area contributed by atoms with Gasteiger partial charge in [-0.2, -0.15) is 4.68 Å². The maximum Gasteiger partial charge on any atom is 0.355 e. The van der Waals surface area contributed by atoms with Gasteiger partial charge in [0.25, 0.3) is 0 Å². The molecule has 0 atom stereocenters. The van der Waals surface area contributed by atoms with E-state index < -0.39 is 4.92 Å². The SMILES string of the molecule is O=[N+]([O-])c1c(NCCN2CCOCC2)ncnc1-n1nnc2ccccc21. The topological polar surface area (TPSA) is 124 Å². The summed E-state index contributed by atoms with van der Waals surface area (Å²) in [5.74, 6) is 0.246. The highest BCUT2D eigenvalue weighted by Crippen LogP contribution is 2.28. The maximum atomic E-state index is 11.7. The lowest BCUT2D eigenvalue weighted by Gasteiger charge is -2.26. The fourth-order valence-corrected chi connectivity index (χ4v) is 3.00. The molecule has 3 aromatic rings. The second kappa shape index (κ2) is 7.60. The van der Waals surface area contributed by atoms with Crippen molar-refractivity contribution in [1.82, 2.24) is 29.9 Å². The molecule has 1 saturated heterocycles. The van der Waals surface area contributed by atoms with E-state index in [4.69, 9.17) is 4.74 Å². The maximum absolute atomic E-state index is 11.7. The summed E-state index contributed by atoms with van der Waals surface area (Å²) in [6.45, 7) is 4.38. The van der Waals surface area contributed by atoms with Gasteiger partial charge in [-0.25, -0.2) is 9.97 Å². The lowest BCUT2D eigenvalue weighted by atomic mass is 10.3. The first-order chi connectivity index (χ1) is 13.2. The zero-order valence-corrected chi connectivity index (χ0v) is 14.5. The van der Waals surface area contributed by atoms with Crippen molar-refractivity contribution >= 4 is 22.5 Å². The van der Waals surface area contributed by atoms with Crippen molar-refractivity contribution in [2.45, 2.75) is 0 Å². The zero-order chi connectivity index (χ0) is 18.6. The number of para-hydroxylation sites is 1. The second-order valence-corrected chi connectivity index (χ2v) is 6.02. The van der Waals surface area contributed by atoms with Crippen LogP contribution in [0.15, 0.2) is 30.6 Å². The fraction of sp³-hybridized carbons (Fsp3) is 0.375. The van der Waals surface area contributed by atoms with E-state index in [1.165, 1.54) is 11.0 Å². The van der Waals surface area contributed by atoms with E-state index in [9.17, 15) is 10.1 Å². The smallest absolute Gasteiger partial charge is 0.355 e. The molecule has 0 unspecified atom stereocenters. The molecule has 1 N–H and O–H groups in total. The predicted molar refractivity (Wildman–Crippen MR) is 96.9 cm³/mol. The van der Waals surface area contributed by atoms with Crippen LogP contribution >= 0.6 is 0 Å². The van der Waals surface area contributed by atoms with Crippen LogP contribution in [0.2, 0.25) is 0 Å². The van der Waals surface area contributed by atoms with Gasteiger partial charge in [-0.3, -0.25) is 15.0 Å². The Hall–Kier alpha value is -3.18. The number of aromatic nitrogens is 5. The molecule has 11 nitrogen and oxygen atoms in total. The van der Waals surface area contributed by atoms with Crippen molar-refractivity contribution in [3.05, 3.63) is 40.7 Å². The van der Waals surface area contributed by atoms with Crippen molar-refractivity contribution in [3.63, 3.8) is 0 Å². The van der Waals surface area contributed by atoms with E-state index >= 15 is 0 Å². The van der Waals surface area contributed by atoms with Crippen LogP contribution < -0.4 is 5.32 Å². The van der Waals surface area contributed by atoms with Gasteiger partial charge in [-0.05, 0) is 12.1 Å². The van der Waals surface area contributed by atoms with Crippen LogP contribution in [0.1, 0.15) is 0 Å². The number of nitrogens with zero attached hydrogens (tertiary/aromatic N) is 7. The summed E-state index contributed by atoms with van der Waals surface area (Å²) in [7, 11) is 0. The number of ether oxygens (including phenoxy) is 1. The third-order valence-corrected chi connectivity index (χ3v) is 4.36. The molecule has 0 bridgehead atoms. The minimum absolute atomic E-state index is 0.0811. The van der Waals surface area contributed by atoms with Crippen LogP contribution in [0.4, 0.5) is 11.5 Å². The molecule has 1 aliphatic heterocycles. The lowest BCUT2D eigenvalue weighted by Crippen LogP contribution is -2.39.